The highest BCUT2D eigenvalue weighted by atomic mass is 16.5. The Labute approximate surface area is 120 Å². The minimum atomic E-state index is -0.0823. The highest BCUT2D eigenvalue weighted by Crippen LogP contribution is 2.13. The fourth-order valence-corrected chi connectivity index (χ4v) is 2.70. The number of aliphatic hydroxyl groups is 1. The molecule has 0 aromatic carbocycles. The van der Waals surface area contributed by atoms with E-state index in [1.54, 1.807) is 0 Å². The molecule has 0 saturated carbocycles. The molecule has 0 bridgehead atoms. The van der Waals surface area contributed by atoms with Gasteiger partial charge in [0.05, 0.1) is 32.5 Å². The van der Waals surface area contributed by atoms with Gasteiger partial charge in [0.25, 0.3) is 0 Å². The summed E-state index contributed by atoms with van der Waals surface area (Å²) in [4.78, 5) is 16.2. The second-order valence-corrected chi connectivity index (χ2v) is 5.58. The smallest absolute Gasteiger partial charge is 0.222 e. The average Bonchev–Trinajstić information content (AvgIpc) is 2.50. The van der Waals surface area contributed by atoms with Gasteiger partial charge in [-0.1, -0.05) is 0 Å². The third-order valence-corrected chi connectivity index (χ3v) is 4.04. The normalized spacial score (nSPS) is 28.6. The van der Waals surface area contributed by atoms with Crippen LogP contribution in [-0.2, 0) is 14.3 Å². The number of hydrogen-bond acceptors (Lipinski definition) is 5. The maximum absolute atomic E-state index is 12.0. The van der Waals surface area contributed by atoms with Crippen molar-refractivity contribution in [3.05, 3.63) is 0 Å². The number of carbonyl (C=O) groups excluding carboxylic acids is 1. The summed E-state index contributed by atoms with van der Waals surface area (Å²) in [6, 6.07) is 0.358. The van der Waals surface area contributed by atoms with E-state index >= 15 is 0 Å². The molecule has 2 atom stereocenters. The van der Waals surface area contributed by atoms with E-state index in [4.69, 9.17) is 14.6 Å². The average molecular weight is 286 g/mol. The van der Waals surface area contributed by atoms with E-state index < -0.39 is 0 Å². The lowest BCUT2D eigenvalue weighted by atomic mass is 10.1. The molecule has 2 aliphatic rings. The maximum atomic E-state index is 12.0. The van der Waals surface area contributed by atoms with Gasteiger partial charge < -0.3 is 19.5 Å². The molecule has 116 valence electrons. The molecular weight excluding hydrogens is 260 g/mol. The number of rotatable bonds is 5. The number of amides is 1. The third kappa shape index (κ3) is 4.41. The standard InChI is InChI=1S/C14H26N2O4/c1-12-11-20-13(10-17)9-16(12)4-2-3-14(18)15-5-7-19-8-6-15/h12-13,17H,2-11H2,1H3. The Morgan fingerprint density at radius 2 is 2.10 bits per heavy atom. The SMILES string of the molecule is CC1COC(CO)CN1CCCC(=O)N1CCOCC1. The van der Waals surface area contributed by atoms with Gasteiger partial charge in [-0.25, -0.2) is 0 Å². The molecule has 0 radical (unpaired) electrons. The van der Waals surface area contributed by atoms with Crippen LogP contribution in [0.1, 0.15) is 19.8 Å². The molecule has 1 N–H and O–H groups in total. The zero-order chi connectivity index (χ0) is 14.4. The Kier molecular flexibility index (Phi) is 6.22. The predicted octanol–water partition coefficient (Wildman–Crippen LogP) is -0.293. The van der Waals surface area contributed by atoms with Crippen LogP contribution in [0.5, 0.6) is 0 Å². The van der Waals surface area contributed by atoms with Crippen LogP contribution >= 0.6 is 0 Å². The molecule has 6 nitrogen and oxygen atoms in total. The number of ether oxygens (including phenoxy) is 2. The summed E-state index contributed by atoms with van der Waals surface area (Å²) in [6.07, 6.45) is 1.37. The van der Waals surface area contributed by atoms with E-state index in [1.165, 1.54) is 0 Å². The molecule has 0 aliphatic carbocycles. The molecule has 2 rings (SSSR count). The highest BCUT2D eigenvalue weighted by molar-refractivity contribution is 5.76. The second-order valence-electron chi connectivity index (χ2n) is 5.58. The van der Waals surface area contributed by atoms with Gasteiger partial charge in [-0.2, -0.15) is 0 Å². The molecule has 2 saturated heterocycles. The Bertz CT molecular complexity index is 308. The van der Waals surface area contributed by atoms with Crippen LogP contribution in [0, 0.1) is 0 Å². The number of aliphatic hydroxyl groups excluding tert-OH is 1. The summed E-state index contributed by atoms with van der Waals surface area (Å²) in [7, 11) is 0. The molecule has 0 aromatic rings. The molecule has 2 unspecified atom stereocenters. The summed E-state index contributed by atoms with van der Waals surface area (Å²) in [5.41, 5.74) is 0. The maximum Gasteiger partial charge on any atom is 0.222 e. The van der Waals surface area contributed by atoms with Gasteiger partial charge in [0.15, 0.2) is 0 Å². The first-order valence-electron chi connectivity index (χ1n) is 7.52. The monoisotopic (exact) mass is 286 g/mol. The first-order valence-corrected chi connectivity index (χ1v) is 7.52. The lowest BCUT2D eigenvalue weighted by molar-refractivity contribution is -0.135. The van der Waals surface area contributed by atoms with E-state index in [9.17, 15) is 4.79 Å². The highest BCUT2D eigenvalue weighted by Gasteiger charge is 2.25. The topological polar surface area (TPSA) is 62.2 Å². The zero-order valence-corrected chi connectivity index (χ0v) is 12.3. The summed E-state index contributed by atoms with van der Waals surface area (Å²) in [5.74, 6) is 0.230. The summed E-state index contributed by atoms with van der Waals surface area (Å²) in [6.45, 7) is 7.24. The molecule has 0 spiro atoms. The molecule has 2 heterocycles. The van der Waals surface area contributed by atoms with Crippen LogP contribution in [0.2, 0.25) is 0 Å². The minimum absolute atomic E-state index is 0.0654. The van der Waals surface area contributed by atoms with Crippen molar-refractivity contribution in [1.82, 2.24) is 9.80 Å². The molecule has 2 aliphatic heterocycles. The Morgan fingerprint density at radius 3 is 2.80 bits per heavy atom. The summed E-state index contributed by atoms with van der Waals surface area (Å²) >= 11 is 0. The van der Waals surface area contributed by atoms with Crippen molar-refractivity contribution in [3.63, 3.8) is 0 Å². The fourth-order valence-electron chi connectivity index (χ4n) is 2.70. The van der Waals surface area contributed by atoms with E-state index in [0.717, 1.165) is 32.6 Å². The van der Waals surface area contributed by atoms with Gasteiger partial charge in [-0.05, 0) is 19.9 Å². The number of nitrogens with zero attached hydrogens (tertiary/aromatic N) is 2. The van der Waals surface area contributed by atoms with Gasteiger partial charge in [0, 0.05) is 32.1 Å². The van der Waals surface area contributed by atoms with Crippen molar-refractivity contribution in [2.45, 2.75) is 31.9 Å². The molecule has 20 heavy (non-hydrogen) atoms. The zero-order valence-electron chi connectivity index (χ0n) is 12.3. The summed E-state index contributed by atoms with van der Waals surface area (Å²) < 4.78 is 10.8. The van der Waals surface area contributed by atoms with Crippen LogP contribution in [0.4, 0.5) is 0 Å². The van der Waals surface area contributed by atoms with Crippen LogP contribution in [0.3, 0.4) is 0 Å². The summed E-state index contributed by atoms with van der Waals surface area (Å²) in [5, 5.41) is 9.15. The third-order valence-electron chi connectivity index (χ3n) is 4.04. The van der Waals surface area contributed by atoms with E-state index in [0.29, 0.717) is 32.3 Å². The number of hydrogen-bond donors (Lipinski definition) is 1. The van der Waals surface area contributed by atoms with E-state index in [-0.39, 0.29) is 18.6 Å². The molecule has 6 heteroatoms. The van der Waals surface area contributed by atoms with Crippen LogP contribution in [0.15, 0.2) is 0 Å². The van der Waals surface area contributed by atoms with Crippen molar-refractivity contribution in [3.8, 4) is 0 Å². The van der Waals surface area contributed by atoms with Crippen molar-refractivity contribution >= 4 is 5.91 Å². The van der Waals surface area contributed by atoms with Gasteiger partial charge in [0.1, 0.15) is 0 Å². The van der Waals surface area contributed by atoms with Gasteiger partial charge in [-0.3, -0.25) is 9.69 Å². The van der Waals surface area contributed by atoms with E-state index in [2.05, 4.69) is 11.8 Å². The number of morpholine rings is 2. The van der Waals surface area contributed by atoms with Crippen LogP contribution < -0.4 is 0 Å². The predicted molar refractivity (Wildman–Crippen MR) is 74.5 cm³/mol. The van der Waals surface area contributed by atoms with Gasteiger partial charge in [0.2, 0.25) is 5.91 Å². The van der Waals surface area contributed by atoms with Crippen molar-refractivity contribution in [1.29, 1.82) is 0 Å². The number of carbonyl (C=O) groups is 1. The quantitative estimate of drug-likeness (QED) is 0.752. The molecule has 0 aromatic heterocycles. The lowest BCUT2D eigenvalue weighted by Crippen LogP contribution is -2.49. The van der Waals surface area contributed by atoms with E-state index in [1.807, 2.05) is 4.90 Å². The van der Waals surface area contributed by atoms with Gasteiger partial charge >= 0.3 is 0 Å². The molecular formula is C14H26N2O4. The van der Waals surface area contributed by atoms with Gasteiger partial charge in [-0.15, -0.1) is 0 Å². The minimum Gasteiger partial charge on any atom is -0.394 e. The van der Waals surface area contributed by atoms with Crippen LogP contribution in [0.25, 0.3) is 0 Å². The van der Waals surface area contributed by atoms with Crippen molar-refractivity contribution < 1.29 is 19.4 Å². The Morgan fingerprint density at radius 1 is 1.35 bits per heavy atom. The largest absolute Gasteiger partial charge is 0.394 e. The first kappa shape index (κ1) is 15.7. The fraction of sp³-hybridized carbons (Fsp3) is 0.929. The molecule has 2 fully saturated rings. The lowest BCUT2D eigenvalue weighted by Gasteiger charge is -2.37. The van der Waals surface area contributed by atoms with Crippen LogP contribution in [-0.4, -0.2) is 85.6 Å². The first-order chi connectivity index (χ1) is 9.70. The Hall–Kier alpha value is -0.690. The second kappa shape index (κ2) is 7.93. The Balaban J connectivity index is 1.67. The van der Waals surface area contributed by atoms with Crippen molar-refractivity contribution in [2.75, 3.05) is 52.6 Å². The van der Waals surface area contributed by atoms with Crippen molar-refractivity contribution in [2.24, 2.45) is 0 Å². The molecule has 1 amide bonds.